The van der Waals surface area contributed by atoms with E-state index < -0.39 is 11.2 Å². The van der Waals surface area contributed by atoms with Gasteiger partial charge in [-0.3, -0.25) is 0 Å². The molecule has 4 heteroatoms. The van der Waals surface area contributed by atoms with Crippen LogP contribution in [0.1, 0.15) is 13.8 Å². The van der Waals surface area contributed by atoms with Gasteiger partial charge in [0.2, 0.25) is 0 Å². The lowest BCUT2D eigenvalue weighted by molar-refractivity contribution is 0.386. The summed E-state index contributed by atoms with van der Waals surface area (Å²) in [4.78, 5) is 0. The van der Waals surface area contributed by atoms with Gasteiger partial charge in [0.25, 0.3) is 0 Å². The van der Waals surface area contributed by atoms with Crippen LogP contribution in [0.5, 0.6) is 5.75 Å². The first-order valence-corrected chi connectivity index (χ1v) is 4.97. The molecular formula is C12H15FN2O. The number of nitriles is 1. The van der Waals surface area contributed by atoms with Crippen LogP contribution in [-0.4, -0.2) is 13.7 Å². The zero-order chi connectivity index (χ0) is 12.2. The molecule has 0 aliphatic carbocycles. The molecule has 0 radical (unpaired) electrons. The predicted molar refractivity (Wildman–Crippen MR) is 60.8 cm³/mol. The van der Waals surface area contributed by atoms with E-state index in [0.29, 0.717) is 12.2 Å². The second-order valence-corrected chi connectivity index (χ2v) is 4.20. The van der Waals surface area contributed by atoms with Gasteiger partial charge in [-0.2, -0.15) is 5.26 Å². The van der Waals surface area contributed by atoms with Gasteiger partial charge in [0.05, 0.1) is 18.6 Å². The highest BCUT2D eigenvalue weighted by atomic mass is 19.1. The number of hydrogen-bond donors (Lipinski definition) is 1. The maximum absolute atomic E-state index is 13.3. The van der Waals surface area contributed by atoms with E-state index in [2.05, 4.69) is 11.4 Å². The predicted octanol–water partition coefficient (Wildman–Crippen LogP) is 2.80. The molecule has 3 nitrogen and oxygen atoms in total. The monoisotopic (exact) mass is 222 g/mol. The summed E-state index contributed by atoms with van der Waals surface area (Å²) in [7, 11) is 1.42. The second kappa shape index (κ2) is 4.84. The third kappa shape index (κ3) is 3.13. The summed E-state index contributed by atoms with van der Waals surface area (Å²) in [6.45, 7) is 4.11. The molecule has 0 aromatic heterocycles. The summed E-state index contributed by atoms with van der Waals surface area (Å²) < 4.78 is 18.1. The Labute approximate surface area is 94.8 Å². The average Bonchev–Trinajstić information content (AvgIpc) is 2.27. The summed E-state index contributed by atoms with van der Waals surface area (Å²) in [5, 5.41) is 11.8. The summed E-state index contributed by atoms with van der Waals surface area (Å²) in [6, 6.07) is 6.79. The zero-order valence-electron chi connectivity index (χ0n) is 9.67. The Bertz CT molecular complexity index is 410. The lowest BCUT2D eigenvalue weighted by atomic mass is 9.96. The standard InChI is InChI=1S/C12H15FN2O/c1-12(2,7-14)8-15-9-4-5-11(16-3)10(13)6-9/h4-6,15H,8H2,1-3H3. The highest BCUT2D eigenvalue weighted by molar-refractivity contribution is 5.47. The molecule has 0 saturated carbocycles. The van der Waals surface area contributed by atoms with Crippen molar-refractivity contribution in [2.24, 2.45) is 5.41 Å². The largest absolute Gasteiger partial charge is 0.494 e. The van der Waals surface area contributed by atoms with E-state index in [1.54, 1.807) is 12.1 Å². The molecule has 1 aromatic carbocycles. The number of benzene rings is 1. The minimum absolute atomic E-state index is 0.213. The summed E-state index contributed by atoms with van der Waals surface area (Å²) in [5.74, 6) is -0.202. The van der Waals surface area contributed by atoms with E-state index in [-0.39, 0.29) is 5.75 Å². The molecule has 1 rings (SSSR count). The number of hydrogen-bond acceptors (Lipinski definition) is 3. The van der Waals surface area contributed by atoms with Crippen LogP contribution in [0.3, 0.4) is 0 Å². The topological polar surface area (TPSA) is 45.0 Å². The summed E-state index contributed by atoms with van der Waals surface area (Å²) in [5.41, 5.74) is 0.165. The fraction of sp³-hybridized carbons (Fsp3) is 0.417. The summed E-state index contributed by atoms with van der Waals surface area (Å²) >= 11 is 0. The molecule has 1 aromatic rings. The number of methoxy groups -OCH3 is 1. The smallest absolute Gasteiger partial charge is 0.167 e. The van der Waals surface area contributed by atoms with E-state index in [9.17, 15) is 4.39 Å². The third-order valence-electron chi connectivity index (χ3n) is 2.19. The molecule has 16 heavy (non-hydrogen) atoms. The molecule has 0 fully saturated rings. The van der Waals surface area contributed by atoms with Crippen LogP contribution in [0.4, 0.5) is 10.1 Å². The number of rotatable bonds is 4. The number of anilines is 1. The van der Waals surface area contributed by atoms with Crippen molar-refractivity contribution in [1.82, 2.24) is 0 Å². The van der Waals surface area contributed by atoms with Crippen LogP contribution >= 0.6 is 0 Å². The maximum atomic E-state index is 13.3. The minimum Gasteiger partial charge on any atom is -0.494 e. The zero-order valence-corrected chi connectivity index (χ0v) is 9.67. The van der Waals surface area contributed by atoms with Crippen molar-refractivity contribution in [3.63, 3.8) is 0 Å². The molecule has 0 amide bonds. The molecule has 0 heterocycles. The normalized spacial score (nSPS) is 10.7. The molecule has 1 N–H and O–H groups in total. The lowest BCUT2D eigenvalue weighted by Crippen LogP contribution is -2.20. The molecule has 0 saturated heterocycles. The van der Waals surface area contributed by atoms with Gasteiger partial charge >= 0.3 is 0 Å². The van der Waals surface area contributed by atoms with E-state index >= 15 is 0 Å². The number of ether oxygens (including phenoxy) is 1. The third-order valence-corrected chi connectivity index (χ3v) is 2.19. The highest BCUT2D eigenvalue weighted by Crippen LogP contribution is 2.22. The van der Waals surface area contributed by atoms with Crippen LogP contribution in [0.25, 0.3) is 0 Å². The van der Waals surface area contributed by atoms with E-state index in [1.165, 1.54) is 13.2 Å². The maximum Gasteiger partial charge on any atom is 0.167 e. The lowest BCUT2D eigenvalue weighted by Gasteiger charge is -2.17. The van der Waals surface area contributed by atoms with Crippen LogP contribution in [0, 0.1) is 22.6 Å². The number of nitrogens with one attached hydrogen (secondary N) is 1. The van der Waals surface area contributed by atoms with Crippen molar-refractivity contribution in [1.29, 1.82) is 5.26 Å². The number of halogens is 1. The molecule has 0 bridgehead atoms. The highest BCUT2D eigenvalue weighted by Gasteiger charge is 2.16. The Kier molecular flexibility index (Phi) is 3.73. The quantitative estimate of drug-likeness (QED) is 0.852. The molecule has 0 aliphatic rings. The average molecular weight is 222 g/mol. The number of nitrogens with zero attached hydrogens (tertiary/aromatic N) is 1. The van der Waals surface area contributed by atoms with E-state index in [1.807, 2.05) is 13.8 Å². The Hall–Kier alpha value is -1.76. The van der Waals surface area contributed by atoms with E-state index in [0.717, 1.165) is 0 Å². The molecule has 0 spiro atoms. The van der Waals surface area contributed by atoms with Gasteiger partial charge in [0, 0.05) is 18.3 Å². The molecular weight excluding hydrogens is 207 g/mol. The fourth-order valence-electron chi connectivity index (χ4n) is 1.14. The minimum atomic E-state index is -0.476. The first kappa shape index (κ1) is 12.3. The first-order valence-electron chi connectivity index (χ1n) is 4.97. The van der Waals surface area contributed by atoms with Gasteiger partial charge in [-0.1, -0.05) is 0 Å². The van der Waals surface area contributed by atoms with Crippen LogP contribution in [0.15, 0.2) is 18.2 Å². The van der Waals surface area contributed by atoms with Gasteiger partial charge in [0.15, 0.2) is 11.6 Å². The Morgan fingerprint density at radius 1 is 1.50 bits per heavy atom. The Balaban J connectivity index is 2.70. The van der Waals surface area contributed by atoms with Gasteiger partial charge in [-0.25, -0.2) is 4.39 Å². The second-order valence-electron chi connectivity index (χ2n) is 4.20. The van der Waals surface area contributed by atoms with Gasteiger partial charge in [0.1, 0.15) is 0 Å². The molecule has 0 unspecified atom stereocenters. The van der Waals surface area contributed by atoms with Gasteiger partial charge in [-0.05, 0) is 26.0 Å². The fourth-order valence-corrected chi connectivity index (χ4v) is 1.14. The van der Waals surface area contributed by atoms with Crippen molar-refractivity contribution in [3.05, 3.63) is 24.0 Å². The van der Waals surface area contributed by atoms with Crippen molar-refractivity contribution < 1.29 is 9.13 Å². The van der Waals surface area contributed by atoms with Crippen LogP contribution < -0.4 is 10.1 Å². The molecule has 0 atom stereocenters. The van der Waals surface area contributed by atoms with Crippen molar-refractivity contribution in [2.45, 2.75) is 13.8 Å². The van der Waals surface area contributed by atoms with Crippen molar-refractivity contribution in [2.75, 3.05) is 19.0 Å². The summed E-state index contributed by atoms with van der Waals surface area (Å²) in [6.07, 6.45) is 0. The SMILES string of the molecule is COc1ccc(NCC(C)(C)C#N)cc1F. The van der Waals surface area contributed by atoms with E-state index in [4.69, 9.17) is 10.00 Å². The van der Waals surface area contributed by atoms with Gasteiger partial charge in [-0.15, -0.1) is 0 Å². The van der Waals surface area contributed by atoms with Gasteiger partial charge < -0.3 is 10.1 Å². The molecule has 86 valence electrons. The van der Waals surface area contributed by atoms with Crippen molar-refractivity contribution >= 4 is 5.69 Å². The Morgan fingerprint density at radius 2 is 2.19 bits per heavy atom. The van der Waals surface area contributed by atoms with Crippen LogP contribution in [-0.2, 0) is 0 Å². The van der Waals surface area contributed by atoms with Crippen LogP contribution in [0.2, 0.25) is 0 Å². The first-order chi connectivity index (χ1) is 7.48. The Morgan fingerprint density at radius 3 is 2.69 bits per heavy atom. The molecule has 0 aliphatic heterocycles. The van der Waals surface area contributed by atoms with Crippen molar-refractivity contribution in [3.8, 4) is 11.8 Å².